The summed E-state index contributed by atoms with van der Waals surface area (Å²) in [7, 11) is 4.45. The molecule has 0 spiro atoms. The summed E-state index contributed by atoms with van der Waals surface area (Å²) in [4.78, 5) is 4.93. The van der Waals surface area contributed by atoms with Crippen LogP contribution in [-0.4, -0.2) is 67.1 Å². The van der Waals surface area contributed by atoms with Crippen molar-refractivity contribution in [3.05, 3.63) is 0 Å². The van der Waals surface area contributed by atoms with Crippen LogP contribution in [0.2, 0.25) is 0 Å². The van der Waals surface area contributed by atoms with E-state index in [0.717, 1.165) is 13.1 Å². The summed E-state index contributed by atoms with van der Waals surface area (Å²) in [5.74, 6) is 1.20. The van der Waals surface area contributed by atoms with Crippen LogP contribution in [0.3, 0.4) is 0 Å². The van der Waals surface area contributed by atoms with E-state index < -0.39 is 0 Å². The molecule has 0 radical (unpaired) electrons. The van der Waals surface area contributed by atoms with Gasteiger partial charge in [-0.25, -0.2) is 0 Å². The van der Waals surface area contributed by atoms with E-state index in [-0.39, 0.29) is 5.54 Å². The van der Waals surface area contributed by atoms with E-state index >= 15 is 0 Å². The highest BCUT2D eigenvalue weighted by Crippen LogP contribution is 2.30. The second kappa shape index (κ2) is 6.24. The Kier molecular flexibility index (Phi) is 5.57. The van der Waals surface area contributed by atoms with Crippen LogP contribution in [0.5, 0.6) is 0 Å². The molecule has 1 saturated heterocycles. The Morgan fingerprint density at radius 2 is 2.25 bits per heavy atom. The fraction of sp³-hybridized carbons (Fsp3) is 1.00. The third-order valence-electron chi connectivity index (χ3n) is 4.18. The predicted octanol–water partition coefficient (Wildman–Crippen LogP) is 1.09. The molecule has 4 heteroatoms. The zero-order valence-corrected chi connectivity index (χ0v) is 12.0. The van der Waals surface area contributed by atoms with Gasteiger partial charge in [-0.2, -0.15) is 11.8 Å². The lowest BCUT2D eigenvalue weighted by Crippen LogP contribution is -2.60. The molecule has 1 heterocycles. The molecule has 0 aromatic rings. The van der Waals surface area contributed by atoms with Crippen molar-refractivity contribution in [3.8, 4) is 0 Å². The molecular formula is C12H27N3S. The minimum Gasteiger partial charge on any atom is -0.329 e. The Hall–Kier alpha value is 0.230. The molecule has 2 N–H and O–H groups in total. The normalized spacial score (nSPS) is 32.2. The number of thioether (sulfide) groups is 1. The van der Waals surface area contributed by atoms with Gasteiger partial charge >= 0.3 is 0 Å². The molecule has 96 valence electrons. The molecule has 0 bridgehead atoms. The first-order chi connectivity index (χ1) is 7.55. The fourth-order valence-electron chi connectivity index (χ4n) is 2.57. The lowest BCUT2D eigenvalue weighted by atomic mass is 9.82. The van der Waals surface area contributed by atoms with Crippen molar-refractivity contribution >= 4 is 11.8 Å². The zero-order chi connectivity index (χ0) is 12.2. The maximum Gasteiger partial charge on any atom is 0.0355 e. The van der Waals surface area contributed by atoms with Crippen LogP contribution >= 0.6 is 11.8 Å². The van der Waals surface area contributed by atoms with Crippen LogP contribution in [0.4, 0.5) is 0 Å². The van der Waals surface area contributed by atoms with Crippen molar-refractivity contribution in [1.82, 2.24) is 9.80 Å². The molecule has 0 aliphatic carbocycles. The Morgan fingerprint density at radius 1 is 1.56 bits per heavy atom. The number of hydrogen-bond donors (Lipinski definition) is 1. The van der Waals surface area contributed by atoms with Gasteiger partial charge in [-0.1, -0.05) is 0 Å². The molecule has 0 saturated carbocycles. The Labute approximate surface area is 105 Å². The van der Waals surface area contributed by atoms with Gasteiger partial charge in [-0.05, 0) is 46.7 Å². The molecule has 0 aromatic carbocycles. The predicted molar refractivity (Wildman–Crippen MR) is 74.1 cm³/mol. The van der Waals surface area contributed by atoms with E-state index in [9.17, 15) is 0 Å². The van der Waals surface area contributed by atoms with E-state index in [4.69, 9.17) is 5.73 Å². The molecule has 0 aromatic heterocycles. The van der Waals surface area contributed by atoms with Crippen molar-refractivity contribution in [2.45, 2.75) is 31.3 Å². The monoisotopic (exact) mass is 245 g/mol. The first-order valence-corrected chi connectivity index (χ1v) is 7.55. The fourth-order valence-corrected chi connectivity index (χ4v) is 3.02. The topological polar surface area (TPSA) is 32.5 Å². The van der Waals surface area contributed by atoms with Crippen LogP contribution in [0, 0.1) is 0 Å². The van der Waals surface area contributed by atoms with Gasteiger partial charge in [-0.15, -0.1) is 0 Å². The molecule has 1 fully saturated rings. The van der Waals surface area contributed by atoms with E-state index in [2.05, 4.69) is 37.1 Å². The highest BCUT2D eigenvalue weighted by Gasteiger charge is 2.38. The van der Waals surface area contributed by atoms with Crippen molar-refractivity contribution in [1.29, 1.82) is 0 Å². The molecule has 0 amide bonds. The van der Waals surface area contributed by atoms with Gasteiger partial charge in [0.15, 0.2) is 0 Å². The lowest BCUT2D eigenvalue weighted by Gasteiger charge is -2.49. The van der Waals surface area contributed by atoms with Gasteiger partial charge in [0.05, 0.1) is 0 Å². The van der Waals surface area contributed by atoms with Gasteiger partial charge in [0.25, 0.3) is 0 Å². The smallest absolute Gasteiger partial charge is 0.0355 e. The molecule has 1 aliphatic rings. The van der Waals surface area contributed by atoms with Crippen molar-refractivity contribution in [2.75, 3.05) is 45.7 Å². The average molecular weight is 245 g/mol. The van der Waals surface area contributed by atoms with Gasteiger partial charge in [-0.3, -0.25) is 4.90 Å². The van der Waals surface area contributed by atoms with E-state index in [1.165, 1.54) is 25.1 Å². The molecule has 3 nitrogen and oxygen atoms in total. The summed E-state index contributed by atoms with van der Waals surface area (Å²) in [6, 6.07) is 0.647. The van der Waals surface area contributed by atoms with Crippen LogP contribution in [0.15, 0.2) is 0 Å². The number of rotatable bonds is 5. The highest BCUT2D eigenvalue weighted by atomic mass is 32.2. The van der Waals surface area contributed by atoms with E-state index in [1.807, 2.05) is 11.8 Å². The minimum atomic E-state index is 0.238. The second-order valence-corrected chi connectivity index (χ2v) is 6.11. The summed E-state index contributed by atoms with van der Waals surface area (Å²) in [6.45, 7) is 5.42. The molecule has 1 rings (SSSR count). The lowest BCUT2D eigenvalue weighted by molar-refractivity contribution is 0.0307. The third-order valence-corrected chi connectivity index (χ3v) is 4.77. The van der Waals surface area contributed by atoms with Crippen molar-refractivity contribution in [2.24, 2.45) is 5.73 Å². The summed E-state index contributed by atoms with van der Waals surface area (Å²) in [5, 5.41) is 0. The van der Waals surface area contributed by atoms with Crippen LogP contribution in [-0.2, 0) is 0 Å². The first-order valence-electron chi connectivity index (χ1n) is 6.16. The van der Waals surface area contributed by atoms with Gasteiger partial charge in [0, 0.05) is 30.4 Å². The third kappa shape index (κ3) is 3.13. The Bertz CT molecular complexity index is 212. The summed E-state index contributed by atoms with van der Waals surface area (Å²) in [5.41, 5.74) is 6.29. The molecular weight excluding hydrogens is 218 g/mol. The first kappa shape index (κ1) is 14.3. The van der Waals surface area contributed by atoms with Gasteiger partial charge in [0.2, 0.25) is 0 Å². The maximum atomic E-state index is 6.05. The van der Waals surface area contributed by atoms with Crippen molar-refractivity contribution in [3.63, 3.8) is 0 Å². The number of piperidine rings is 1. The van der Waals surface area contributed by atoms with Crippen LogP contribution in [0.1, 0.15) is 19.8 Å². The zero-order valence-electron chi connectivity index (χ0n) is 11.2. The van der Waals surface area contributed by atoms with E-state index in [1.54, 1.807) is 0 Å². The standard InChI is InChI=1S/C12H27N3S/c1-11-9-12(10-13,5-6-14(11)2)15(3)7-8-16-4/h11H,5-10,13H2,1-4H3. The molecule has 2 atom stereocenters. The number of likely N-dealkylation sites (N-methyl/N-ethyl adjacent to an activating group) is 1. The van der Waals surface area contributed by atoms with Crippen molar-refractivity contribution < 1.29 is 0 Å². The summed E-state index contributed by atoms with van der Waals surface area (Å²) in [6.07, 6.45) is 4.57. The Morgan fingerprint density at radius 3 is 2.75 bits per heavy atom. The summed E-state index contributed by atoms with van der Waals surface area (Å²) >= 11 is 1.91. The second-order valence-electron chi connectivity index (χ2n) is 5.13. The largest absolute Gasteiger partial charge is 0.329 e. The number of hydrogen-bond acceptors (Lipinski definition) is 4. The quantitative estimate of drug-likeness (QED) is 0.786. The SMILES string of the molecule is CSCCN(C)C1(CN)CCN(C)C(C)C1. The Balaban J connectivity index is 2.62. The van der Waals surface area contributed by atoms with Gasteiger partial charge in [0.1, 0.15) is 0 Å². The number of nitrogens with zero attached hydrogens (tertiary/aromatic N) is 2. The van der Waals surface area contributed by atoms with Crippen LogP contribution < -0.4 is 5.73 Å². The number of likely N-dealkylation sites (tertiary alicyclic amines) is 1. The molecule has 1 aliphatic heterocycles. The minimum absolute atomic E-state index is 0.238. The molecule has 2 unspecified atom stereocenters. The average Bonchev–Trinajstić information content (AvgIpc) is 2.29. The summed E-state index contributed by atoms with van der Waals surface area (Å²) < 4.78 is 0. The maximum absolute atomic E-state index is 6.05. The van der Waals surface area contributed by atoms with Crippen LogP contribution in [0.25, 0.3) is 0 Å². The van der Waals surface area contributed by atoms with Gasteiger partial charge < -0.3 is 10.6 Å². The number of nitrogens with two attached hydrogens (primary N) is 1. The van der Waals surface area contributed by atoms with E-state index in [0.29, 0.717) is 6.04 Å². The highest BCUT2D eigenvalue weighted by molar-refractivity contribution is 7.98. The molecule has 16 heavy (non-hydrogen) atoms.